The number of rotatable bonds is 20. The Labute approximate surface area is 293 Å². The van der Waals surface area contributed by atoms with Crippen molar-refractivity contribution in [1.82, 2.24) is 0 Å². The summed E-state index contributed by atoms with van der Waals surface area (Å²) in [6, 6.07) is 10.7. The van der Waals surface area contributed by atoms with Crippen LogP contribution in [0.1, 0.15) is 112 Å². The number of unbranched alkanes of at least 4 members (excludes halogenated alkanes) is 5. The molecule has 2 aromatic rings. The van der Waals surface area contributed by atoms with Crippen LogP contribution < -0.4 is 34.0 Å². The molecule has 1 amide bonds. The van der Waals surface area contributed by atoms with Crippen LogP contribution in [0, 0.1) is 5.41 Å². The molecule has 0 radical (unpaired) electrons. The number of Topliss-reactive ketones (excluding diaryl/α,β-unsaturated/α-hetero) is 2. The zero-order valence-electron chi connectivity index (χ0n) is 29.4. The van der Waals surface area contributed by atoms with Gasteiger partial charge >= 0.3 is 0 Å². The van der Waals surface area contributed by atoms with Crippen molar-refractivity contribution in [2.24, 2.45) is 54.1 Å². The smallest absolute Gasteiger partial charge is 0.224 e. The summed E-state index contributed by atoms with van der Waals surface area (Å²) in [6.45, 7) is 6.82. The molecule has 15 nitrogen and oxygen atoms in total. The molecule has 0 saturated carbocycles. The van der Waals surface area contributed by atoms with E-state index in [0.29, 0.717) is 53.2 Å². The van der Waals surface area contributed by atoms with Crippen LogP contribution in [0.5, 0.6) is 0 Å². The lowest BCUT2D eigenvalue weighted by atomic mass is 9.96. The van der Waals surface area contributed by atoms with Crippen molar-refractivity contribution >= 4 is 58.1 Å². The predicted octanol–water partition coefficient (Wildman–Crippen LogP) is 3.50. The van der Waals surface area contributed by atoms with E-state index in [-0.39, 0.29) is 48.2 Å². The van der Waals surface area contributed by atoms with Gasteiger partial charge in [-0.05, 0) is 93.6 Å². The number of ketones is 2. The Kier molecular flexibility index (Phi) is 16.7. The number of aliphatic imine (C=N–C) groups is 1. The maximum absolute atomic E-state index is 12.9. The molecule has 0 aliphatic rings. The van der Waals surface area contributed by atoms with Crippen molar-refractivity contribution in [2.75, 3.05) is 11.9 Å². The van der Waals surface area contributed by atoms with E-state index in [2.05, 4.69) is 30.7 Å². The van der Waals surface area contributed by atoms with E-state index < -0.39 is 0 Å². The molecular formula is C35H50N12O3. The first kappa shape index (κ1) is 40.4. The van der Waals surface area contributed by atoms with Crippen molar-refractivity contribution in [2.45, 2.75) is 85.5 Å². The normalized spacial score (nSPS) is 11.9. The van der Waals surface area contributed by atoms with Crippen molar-refractivity contribution in [1.29, 1.82) is 5.41 Å². The highest BCUT2D eigenvalue weighted by atomic mass is 16.1. The molecular weight excluding hydrogens is 636 g/mol. The van der Waals surface area contributed by atoms with Crippen LogP contribution in [0.15, 0.2) is 61.8 Å². The highest BCUT2D eigenvalue weighted by Crippen LogP contribution is 2.19. The van der Waals surface area contributed by atoms with E-state index in [1.807, 2.05) is 25.1 Å². The Morgan fingerprint density at radius 1 is 0.620 bits per heavy atom. The Hall–Kier alpha value is -5.73. The average Bonchev–Trinajstić information content (AvgIpc) is 3.05. The number of carbonyl (C=O) groups excluding carboxylic acids is 3. The Morgan fingerprint density at radius 2 is 1.10 bits per heavy atom. The minimum atomic E-state index is -0.185. The van der Waals surface area contributed by atoms with Gasteiger partial charge in [-0.15, -0.1) is 10.2 Å². The SMILES string of the molecule is CC(=O)c1cc(NC(=O)CCCCCCCCC(=O)Cc2cc(C(C)=NCC(=N)N)cc(/C(C)=N\N=C(N)N)c2)cc(/C(C)=N\N=C(N)N)c1. The van der Waals surface area contributed by atoms with Gasteiger partial charge in [-0.1, -0.05) is 25.7 Å². The molecule has 0 bridgehead atoms. The van der Waals surface area contributed by atoms with Gasteiger partial charge in [0, 0.05) is 41.8 Å². The summed E-state index contributed by atoms with van der Waals surface area (Å²) in [4.78, 5) is 41.9. The van der Waals surface area contributed by atoms with Gasteiger partial charge in [-0.3, -0.25) is 24.8 Å². The van der Waals surface area contributed by atoms with Crippen molar-refractivity contribution in [3.63, 3.8) is 0 Å². The minimum Gasteiger partial charge on any atom is -0.386 e. The maximum atomic E-state index is 12.9. The predicted molar refractivity (Wildman–Crippen MR) is 202 cm³/mol. The number of nitrogens with one attached hydrogen (secondary N) is 2. The number of carbonyl (C=O) groups is 3. The second-order valence-electron chi connectivity index (χ2n) is 12.0. The van der Waals surface area contributed by atoms with Crippen LogP contribution in [-0.4, -0.2) is 58.9 Å². The quantitative estimate of drug-likeness (QED) is 0.0355. The number of nitrogens with two attached hydrogens (primary N) is 5. The number of anilines is 1. The number of nitrogens with zero attached hydrogens (tertiary/aromatic N) is 5. The molecule has 0 heterocycles. The summed E-state index contributed by atoms with van der Waals surface area (Å²) in [5, 5.41) is 25.7. The van der Waals surface area contributed by atoms with E-state index in [1.54, 1.807) is 32.0 Å². The molecule has 0 aromatic heterocycles. The monoisotopic (exact) mass is 686 g/mol. The van der Waals surface area contributed by atoms with E-state index in [4.69, 9.17) is 34.1 Å². The lowest BCUT2D eigenvalue weighted by molar-refractivity contribution is -0.118. The Bertz CT molecular complexity index is 1700. The van der Waals surface area contributed by atoms with Crippen LogP contribution in [-0.2, 0) is 16.0 Å². The van der Waals surface area contributed by atoms with Gasteiger partial charge in [0.2, 0.25) is 17.8 Å². The van der Waals surface area contributed by atoms with Crippen molar-refractivity contribution < 1.29 is 14.4 Å². The van der Waals surface area contributed by atoms with Crippen LogP contribution in [0.3, 0.4) is 0 Å². The summed E-state index contributed by atoms with van der Waals surface area (Å²) in [5.74, 6) is -0.561. The molecule has 0 saturated heterocycles. The lowest BCUT2D eigenvalue weighted by Crippen LogP contribution is -2.22. The van der Waals surface area contributed by atoms with Gasteiger partial charge in [0.1, 0.15) is 11.6 Å². The molecule has 0 unspecified atom stereocenters. The lowest BCUT2D eigenvalue weighted by Gasteiger charge is -2.10. The number of hydrogen-bond donors (Lipinski definition) is 7. The second-order valence-corrected chi connectivity index (χ2v) is 12.0. The summed E-state index contributed by atoms with van der Waals surface area (Å²) < 4.78 is 0. The Morgan fingerprint density at radius 3 is 1.64 bits per heavy atom. The average molecular weight is 687 g/mol. The standard InChI is InChI=1S/C35H50N12O3/c1-21(42-20-32(36)37)26-13-25(14-27(16-26)22(2)44-46-34(38)39)15-31(49)11-9-7-5-6-8-10-12-33(50)43-30-18-28(17-29(19-30)24(4)48)23(3)45-47-35(40)41/h13-14,16-19H,5-12,15,20H2,1-4H3,(H3,36,37)(H,43,50)(H4,38,39,46)(H4,40,41,47)/b42-21?,44-22-,45-23-. The number of amides is 1. The third-order valence-corrected chi connectivity index (χ3v) is 7.50. The van der Waals surface area contributed by atoms with Gasteiger partial charge in [0.25, 0.3) is 0 Å². The van der Waals surface area contributed by atoms with Crippen LogP contribution in [0.2, 0.25) is 0 Å². The fourth-order valence-corrected chi connectivity index (χ4v) is 4.85. The van der Waals surface area contributed by atoms with Gasteiger partial charge in [0.05, 0.1) is 18.0 Å². The first-order valence-corrected chi connectivity index (χ1v) is 16.4. The molecule has 2 aromatic carbocycles. The molecule has 0 fully saturated rings. The van der Waals surface area contributed by atoms with Crippen LogP contribution in [0.25, 0.3) is 0 Å². The molecule has 0 aliphatic carbocycles. The van der Waals surface area contributed by atoms with Gasteiger partial charge < -0.3 is 34.0 Å². The molecule has 268 valence electrons. The molecule has 0 atom stereocenters. The summed E-state index contributed by atoms with van der Waals surface area (Å²) in [5.41, 5.74) is 32.6. The van der Waals surface area contributed by atoms with E-state index >= 15 is 0 Å². The largest absolute Gasteiger partial charge is 0.386 e. The zero-order chi connectivity index (χ0) is 37.2. The van der Waals surface area contributed by atoms with Crippen LogP contribution in [0.4, 0.5) is 5.69 Å². The van der Waals surface area contributed by atoms with Crippen LogP contribution >= 0.6 is 0 Å². The summed E-state index contributed by atoms with van der Waals surface area (Å²) >= 11 is 0. The fraction of sp³-hybridized carbons (Fsp3) is 0.400. The topological polar surface area (TPSA) is 279 Å². The van der Waals surface area contributed by atoms with Crippen molar-refractivity contribution in [3.05, 3.63) is 64.2 Å². The molecule has 0 spiro atoms. The summed E-state index contributed by atoms with van der Waals surface area (Å²) in [7, 11) is 0. The molecule has 15 heteroatoms. The van der Waals surface area contributed by atoms with Gasteiger partial charge in [-0.25, -0.2) is 0 Å². The minimum absolute atomic E-state index is 0.0431. The van der Waals surface area contributed by atoms with Gasteiger partial charge in [0.15, 0.2) is 5.78 Å². The zero-order valence-corrected chi connectivity index (χ0v) is 29.4. The fourth-order valence-electron chi connectivity index (χ4n) is 4.85. The first-order valence-electron chi connectivity index (χ1n) is 16.4. The number of benzene rings is 2. The highest BCUT2D eigenvalue weighted by molar-refractivity contribution is 6.06. The van der Waals surface area contributed by atoms with E-state index in [9.17, 15) is 14.4 Å². The molecule has 12 N–H and O–H groups in total. The van der Waals surface area contributed by atoms with E-state index in [1.165, 1.54) is 6.92 Å². The van der Waals surface area contributed by atoms with Gasteiger partial charge in [-0.2, -0.15) is 10.2 Å². The van der Waals surface area contributed by atoms with Crippen molar-refractivity contribution in [3.8, 4) is 0 Å². The first-order chi connectivity index (χ1) is 23.6. The number of guanidine groups is 2. The second kappa shape index (κ2) is 20.6. The molecule has 0 aliphatic heterocycles. The third kappa shape index (κ3) is 15.4. The number of amidine groups is 1. The third-order valence-electron chi connectivity index (χ3n) is 7.50. The summed E-state index contributed by atoms with van der Waals surface area (Å²) in [6.07, 6.45) is 6.24. The number of hydrogen-bond acceptors (Lipinski definition) is 9. The highest BCUT2D eigenvalue weighted by Gasteiger charge is 2.12. The maximum Gasteiger partial charge on any atom is 0.224 e. The molecule has 2 rings (SSSR count). The van der Waals surface area contributed by atoms with E-state index in [0.717, 1.165) is 48.8 Å². The Balaban J connectivity index is 1.85. The molecule has 50 heavy (non-hydrogen) atoms.